The van der Waals surface area contributed by atoms with Crippen molar-refractivity contribution in [2.24, 2.45) is 0 Å². The molecule has 0 spiro atoms. The van der Waals surface area contributed by atoms with Gasteiger partial charge in [0.2, 0.25) is 5.89 Å². The smallest absolute Gasteiger partial charge is 0.275 e. The van der Waals surface area contributed by atoms with Crippen LogP contribution in [0.5, 0.6) is 0 Å². The minimum atomic E-state index is -0.0793. The SMILES string of the molecule is CC[C@H](C)N(C)C(=O)c1coc(CN2CCN(C/C=C/c3ccccc3)CC2)n1. The number of piperazine rings is 1. The molecule has 1 aliphatic heterocycles. The van der Waals surface area contributed by atoms with E-state index in [-0.39, 0.29) is 11.9 Å². The van der Waals surface area contributed by atoms with Gasteiger partial charge in [0.1, 0.15) is 6.26 Å². The van der Waals surface area contributed by atoms with E-state index in [1.807, 2.05) is 20.0 Å². The monoisotopic (exact) mass is 396 g/mol. The van der Waals surface area contributed by atoms with Crippen molar-refractivity contribution >= 4 is 12.0 Å². The molecule has 0 bridgehead atoms. The molecule has 1 aromatic carbocycles. The first-order valence-corrected chi connectivity index (χ1v) is 10.4. The van der Waals surface area contributed by atoms with Crippen molar-refractivity contribution < 1.29 is 9.21 Å². The second-order valence-electron chi connectivity index (χ2n) is 7.69. The molecule has 3 rings (SSSR count). The van der Waals surface area contributed by atoms with Gasteiger partial charge in [-0.25, -0.2) is 4.98 Å². The van der Waals surface area contributed by atoms with Crippen molar-refractivity contribution in [2.45, 2.75) is 32.9 Å². The third kappa shape index (κ3) is 6.02. The van der Waals surface area contributed by atoms with E-state index in [9.17, 15) is 4.79 Å². The molecule has 1 aliphatic rings. The molecule has 1 saturated heterocycles. The number of nitrogens with zero attached hydrogens (tertiary/aromatic N) is 4. The Labute approximate surface area is 173 Å². The standard InChI is InChI=1S/C23H32N4O2/c1-4-19(2)25(3)23(28)21-18-29-22(24-21)17-27-15-13-26(14-16-27)12-8-11-20-9-6-5-7-10-20/h5-11,18-19H,4,12-17H2,1-3H3/b11-8+/t19-/m0/s1. The van der Waals surface area contributed by atoms with Gasteiger partial charge in [-0.05, 0) is 18.9 Å². The second-order valence-corrected chi connectivity index (χ2v) is 7.69. The molecular formula is C23H32N4O2. The molecule has 1 aromatic heterocycles. The normalized spacial score (nSPS) is 16.9. The zero-order chi connectivity index (χ0) is 20.6. The number of benzene rings is 1. The van der Waals surface area contributed by atoms with Gasteiger partial charge >= 0.3 is 0 Å². The molecule has 6 nitrogen and oxygen atoms in total. The number of rotatable bonds is 8. The van der Waals surface area contributed by atoms with E-state index >= 15 is 0 Å². The van der Waals surface area contributed by atoms with Crippen molar-refractivity contribution in [1.82, 2.24) is 19.7 Å². The minimum absolute atomic E-state index is 0.0793. The van der Waals surface area contributed by atoms with Gasteiger partial charge in [0, 0.05) is 45.8 Å². The average molecular weight is 397 g/mol. The highest BCUT2D eigenvalue weighted by Crippen LogP contribution is 2.12. The lowest BCUT2D eigenvalue weighted by Gasteiger charge is -2.33. The Hall–Kier alpha value is -2.44. The van der Waals surface area contributed by atoms with Crippen LogP contribution in [0.3, 0.4) is 0 Å². The van der Waals surface area contributed by atoms with Gasteiger partial charge < -0.3 is 9.32 Å². The Morgan fingerprint density at radius 2 is 1.90 bits per heavy atom. The lowest BCUT2D eigenvalue weighted by molar-refractivity contribution is 0.0734. The Bertz CT molecular complexity index is 794. The van der Waals surface area contributed by atoms with E-state index in [1.54, 1.807) is 4.90 Å². The first-order chi connectivity index (χ1) is 14.1. The van der Waals surface area contributed by atoms with Gasteiger partial charge in [0.15, 0.2) is 5.69 Å². The molecule has 6 heteroatoms. The molecule has 1 fully saturated rings. The summed E-state index contributed by atoms with van der Waals surface area (Å²) in [5.41, 5.74) is 1.63. The van der Waals surface area contributed by atoms with Crippen molar-refractivity contribution in [3.8, 4) is 0 Å². The zero-order valence-corrected chi connectivity index (χ0v) is 17.8. The van der Waals surface area contributed by atoms with Crippen LogP contribution in [0.25, 0.3) is 6.08 Å². The predicted octanol–water partition coefficient (Wildman–Crippen LogP) is 3.38. The highest BCUT2D eigenvalue weighted by molar-refractivity contribution is 5.92. The topological polar surface area (TPSA) is 52.8 Å². The van der Waals surface area contributed by atoms with Gasteiger partial charge in [-0.2, -0.15) is 0 Å². The first-order valence-electron chi connectivity index (χ1n) is 10.4. The maximum absolute atomic E-state index is 12.5. The fourth-order valence-electron chi connectivity index (χ4n) is 3.36. The summed E-state index contributed by atoms with van der Waals surface area (Å²) in [5.74, 6) is 0.535. The number of aromatic nitrogens is 1. The van der Waals surface area contributed by atoms with Gasteiger partial charge in [0.25, 0.3) is 5.91 Å². The van der Waals surface area contributed by atoms with Crippen LogP contribution in [-0.2, 0) is 6.54 Å². The van der Waals surface area contributed by atoms with Crippen LogP contribution >= 0.6 is 0 Å². The van der Waals surface area contributed by atoms with Gasteiger partial charge in [0.05, 0.1) is 6.54 Å². The van der Waals surface area contributed by atoms with Crippen molar-refractivity contribution in [2.75, 3.05) is 39.8 Å². The Morgan fingerprint density at radius 1 is 1.21 bits per heavy atom. The van der Waals surface area contributed by atoms with Crippen LogP contribution in [0, 0.1) is 0 Å². The van der Waals surface area contributed by atoms with Crippen LogP contribution in [0.4, 0.5) is 0 Å². The summed E-state index contributed by atoms with van der Waals surface area (Å²) in [5, 5.41) is 0. The summed E-state index contributed by atoms with van der Waals surface area (Å²) in [6.07, 6.45) is 6.80. The number of amides is 1. The summed E-state index contributed by atoms with van der Waals surface area (Å²) in [6, 6.07) is 10.6. The minimum Gasteiger partial charge on any atom is -0.447 e. The molecular weight excluding hydrogens is 364 g/mol. The molecule has 29 heavy (non-hydrogen) atoms. The van der Waals surface area contributed by atoms with Crippen LogP contribution < -0.4 is 0 Å². The summed E-state index contributed by atoms with van der Waals surface area (Å²) in [4.78, 5) is 23.4. The van der Waals surface area contributed by atoms with Crippen LogP contribution in [-0.4, -0.2) is 71.4 Å². The quantitative estimate of drug-likeness (QED) is 0.685. The number of hydrogen-bond acceptors (Lipinski definition) is 5. The summed E-state index contributed by atoms with van der Waals surface area (Å²) < 4.78 is 5.57. The maximum Gasteiger partial charge on any atom is 0.275 e. The molecule has 2 aromatic rings. The fraction of sp³-hybridized carbons (Fsp3) is 0.478. The van der Waals surface area contributed by atoms with E-state index in [4.69, 9.17) is 4.42 Å². The third-order valence-corrected chi connectivity index (χ3v) is 5.64. The molecule has 0 saturated carbocycles. The number of oxazole rings is 1. The zero-order valence-electron chi connectivity index (χ0n) is 17.8. The molecule has 0 N–H and O–H groups in total. The van der Waals surface area contributed by atoms with Crippen molar-refractivity contribution in [1.29, 1.82) is 0 Å². The maximum atomic E-state index is 12.5. The summed E-state index contributed by atoms with van der Waals surface area (Å²) in [6.45, 7) is 9.68. The highest BCUT2D eigenvalue weighted by atomic mass is 16.3. The van der Waals surface area contributed by atoms with Gasteiger partial charge in [-0.1, -0.05) is 49.4 Å². The Morgan fingerprint density at radius 3 is 2.59 bits per heavy atom. The van der Waals surface area contributed by atoms with Crippen molar-refractivity contribution in [3.05, 3.63) is 59.8 Å². The van der Waals surface area contributed by atoms with Crippen LogP contribution in [0.1, 0.15) is 42.2 Å². The largest absolute Gasteiger partial charge is 0.447 e. The Balaban J connectivity index is 1.43. The van der Waals surface area contributed by atoms with Gasteiger partial charge in [-0.15, -0.1) is 0 Å². The molecule has 156 valence electrons. The molecule has 2 heterocycles. The van der Waals surface area contributed by atoms with E-state index in [2.05, 4.69) is 58.1 Å². The van der Waals surface area contributed by atoms with Gasteiger partial charge in [-0.3, -0.25) is 14.6 Å². The third-order valence-electron chi connectivity index (χ3n) is 5.64. The van der Waals surface area contributed by atoms with E-state index in [0.29, 0.717) is 18.1 Å². The average Bonchev–Trinajstić information content (AvgIpc) is 3.22. The van der Waals surface area contributed by atoms with E-state index in [0.717, 1.165) is 39.1 Å². The van der Waals surface area contributed by atoms with Crippen LogP contribution in [0.15, 0.2) is 47.1 Å². The lowest BCUT2D eigenvalue weighted by Crippen LogP contribution is -2.45. The molecule has 0 unspecified atom stereocenters. The summed E-state index contributed by atoms with van der Waals surface area (Å²) >= 11 is 0. The first kappa shape index (κ1) is 21.3. The van der Waals surface area contributed by atoms with E-state index in [1.165, 1.54) is 11.8 Å². The van der Waals surface area contributed by atoms with E-state index < -0.39 is 0 Å². The fourth-order valence-corrected chi connectivity index (χ4v) is 3.36. The Kier molecular flexibility index (Phi) is 7.61. The summed E-state index contributed by atoms with van der Waals surface area (Å²) in [7, 11) is 1.82. The highest BCUT2D eigenvalue weighted by Gasteiger charge is 2.22. The molecule has 0 aliphatic carbocycles. The second kappa shape index (κ2) is 10.4. The number of carbonyl (C=O) groups excluding carboxylic acids is 1. The predicted molar refractivity (Wildman–Crippen MR) is 116 cm³/mol. The van der Waals surface area contributed by atoms with Crippen LogP contribution in [0.2, 0.25) is 0 Å². The molecule has 0 radical (unpaired) electrons. The lowest BCUT2D eigenvalue weighted by atomic mass is 10.2. The molecule has 1 atom stereocenters. The molecule has 1 amide bonds. The van der Waals surface area contributed by atoms with Crippen molar-refractivity contribution in [3.63, 3.8) is 0 Å². The number of hydrogen-bond donors (Lipinski definition) is 0. The number of carbonyl (C=O) groups is 1.